The maximum Gasteiger partial charge on any atom is 0.0481 e. The summed E-state index contributed by atoms with van der Waals surface area (Å²) >= 11 is 0. The SMILES string of the molecule is C=CCCn1ccc2cc(N)ccc21. The molecule has 2 rings (SSSR count). The van der Waals surface area contributed by atoms with Crippen LogP contribution in [0.3, 0.4) is 0 Å². The van der Waals surface area contributed by atoms with Gasteiger partial charge in [-0.25, -0.2) is 0 Å². The van der Waals surface area contributed by atoms with E-state index in [4.69, 9.17) is 5.73 Å². The molecule has 2 aromatic rings. The molecule has 0 atom stereocenters. The molecule has 0 aliphatic rings. The molecular weight excluding hydrogens is 172 g/mol. The van der Waals surface area contributed by atoms with Crippen LogP contribution in [0.5, 0.6) is 0 Å². The van der Waals surface area contributed by atoms with Crippen LogP contribution in [0.15, 0.2) is 43.1 Å². The second-order valence-electron chi connectivity index (χ2n) is 3.40. The number of rotatable bonds is 3. The van der Waals surface area contributed by atoms with Gasteiger partial charge in [0, 0.05) is 29.3 Å². The zero-order valence-corrected chi connectivity index (χ0v) is 8.11. The summed E-state index contributed by atoms with van der Waals surface area (Å²) in [5.74, 6) is 0. The lowest BCUT2D eigenvalue weighted by Gasteiger charge is -2.02. The number of benzene rings is 1. The standard InChI is InChI=1S/C12H14N2/c1-2-3-7-14-8-6-10-9-11(13)4-5-12(10)14/h2,4-6,8-9H,1,3,7,13H2. The van der Waals surface area contributed by atoms with Crippen LogP contribution >= 0.6 is 0 Å². The maximum absolute atomic E-state index is 5.71. The van der Waals surface area contributed by atoms with Gasteiger partial charge >= 0.3 is 0 Å². The van der Waals surface area contributed by atoms with Gasteiger partial charge in [0.1, 0.15) is 0 Å². The molecule has 14 heavy (non-hydrogen) atoms. The van der Waals surface area contributed by atoms with E-state index in [1.807, 2.05) is 18.2 Å². The first-order valence-corrected chi connectivity index (χ1v) is 4.76. The summed E-state index contributed by atoms with van der Waals surface area (Å²) in [5, 5.41) is 1.20. The number of hydrogen-bond donors (Lipinski definition) is 1. The molecule has 0 fully saturated rings. The maximum atomic E-state index is 5.71. The molecule has 0 aliphatic heterocycles. The highest BCUT2D eigenvalue weighted by Gasteiger charge is 1.99. The van der Waals surface area contributed by atoms with Gasteiger partial charge < -0.3 is 10.3 Å². The summed E-state index contributed by atoms with van der Waals surface area (Å²) in [4.78, 5) is 0. The summed E-state index contributed by atoms with van der Waals surface area (Å²) < 4.78 is 2.22. The fourth-order valence-corrected chi connectivity index (χ4v) is 1.64. The molecule has 0 spiro atoms. The van der Waals surface area contributed by atoms with Gasteiger partial charge in [0.05, 0.1) is 0 Å². The van der Waals surface area contributed by atoms with Crippen molar-refractivity contribution < 1.29 is 0 Å². The number of hydrogen-bond acceptors (Lipinski definition) is 1. The molecule has 1 heterocycles. The molecule has 2 heteroatoms. The van der Waals surface area contributed by atoms with Gasteiger partial charge in [0.15, 0.2) is 0 Å². The van der Waals surface area contributed by atoms with Gasteiger partial charge in [-0.3, -0.25) is 0 Å². The Morgan fingerprint density at radius 2 is 2.21 bits per heavy atom. The van der Waals surface area contributed by atoms with Crippen LogP contribution in [0.2, 0.25) is 0 Å². The molecule has 0 saturated carbocycles. The minimum absolute atomic E-state index is 0.818. The van der Waals surface area contributed by atoms with Gasteiger partial charge in [-0.05, 0) is 30.7 Å². The lowest BCUT2D eigenvalue weighted by Crippen LogP contribution is -1.94. The average molecular weight is 186 g/mol. The number of anilines is 1. The predicted octanol–water partition coefficient (Wildman–Crippen LogP) is 2.80. The summed E-state index contributed by atoms with van der Waals surface area (Å²) in [5.41, 5.74) is 7.76. The fraction of sp³-hybridized carbons (Fsp3) is 0.167. The fourth-order valence-electron chi connectivity index (χ4n) is 1.64. The van der Waals surface area contributed by atoms with Crippen molar-refractivity contribution in [3.05, 3.63) is 43.1 Å². The van der Waals surface area contributed by atoms with Crippen molar-refractivity contribution in [2.24, 2.45) is 0 Å². The van der Waals surface area contributed by atoms with Crippen LogP contribution < -0.4 is 5.73 Å². The topological polar surface area (TPSA) is 30.9 Å². The Morgan fingerprint density at radius 3 is 3.00 bits per heavy atom. The van der Waals surface area contributed by atoms with Crippen molar-refractivity contribution in [3.8, 4) is 0 Å². The van der Waals surface area contributed by atoms with Crippen molar-refractivity contribution in [3.63, 3.8) is 0 Å². The van der Waals surface area contributed by atoms with Crippen LogP contribution in [-0.2, 0) is 6.54 Å². The Balaban J connectivity index is 2.42. The average Bonchev–Trinajstić information content (AvgIpc) is 2.57. The van der Waals surface area contributed by atoms with Crippen LogP contribution in [0.25, 0.3) is 10.9 Å². The van der Waals surface area contributed by atoms with Gasteiger partial charge in [0.25, 0.3) is 0 Å². The molecule has 2 N–H and O–H groups in total. The molecule has 0 unspecified atom stereocenters. The van der Waals surface area contributed by atoms with Gasteiger partial charge in [-0.15, -0.1) is 6.58 Å². The number of aromatic nitrogens is 1. The third-order valence-electron chi connectivity index (χ3n) is 2.37. The first-order chi connectivity index (χ1) is 6.81. The van der Waals surface area contributed by atoms with Crippen molar-refractivity contribution >= 4 is 16.6 Å². The summed E-state index contributed by atoms with van der Waals surface area (Å²) in [6.45, 7) is 4.70. The number of nitrogens with zero attached hydrogens (tertiary/aromatic N) is 1. The molecule has 72 valence electrons. The number of nitrogens with two attached hydrogens (primary N) is 1. The van der Waals surface area contributed by atoms with Gasteiger partial charge in [-0.1, -0.05) is 6.08 Å². The molecule has 0 radical (unpaired) electrons. The lowest BCUT2D eigenvalue weighted by molar-refractivity contribution is 0.739. The molecule has 1 aromatic carbocycles. The summed E-state index contributed by atoms with van der Waals surface area (Å²) in [7, 11) is 0. The van der Waals surface area contributed by atoms with Crippen LogP contribution in [0.4, 0.5) is 5.69 Å². The predicted molar refractivity (Wildman–Crippen MR) is 61.2 cm³/mol. The Morgan fingerprint density at radius 1 is 1.36 bits per heavy atom. The van der Waals surface area contributed by atoms with Crippen LogP contribution in [-0.4, -0.2) is 4.57 Å². The zero-order chi connectivity index (χ0) is 9.97. The second-order valence-corrected chi connectivity index (χ2v) is 3.40. The quantitative estimate of drug-likeness (QED) is 0.580. The number of fused-ring (bicyclic) bond motifs is 1. The number of nitrogen functional groups attached to an aromatic ring is 1. The Labute approximate surface area is 83.6 Å². The molecule has 0 aliphatic carbocycles. The Bertz CT molecular complexity index is 454. The molecule has 0 saturated heterocycles. The highest BCUT2D eigenvalue weighted by Crippen LogP contribution is 2.18. The van der Waals surface area contributed by atoms with E-state index < -0.39 is 0 Å². The van der Waals surface area contributed by atoms with E-state index in [0.29, 0.717) is 0 Å². The van der Waals surface area contributed by atoms with Crippen LogP contribution in [0, 0.1) is 0 Å². The van der Waals surface area contributed by atoms with Crippen LogP contribution in [0.1, 0.15) is 6.42 Å². The first-order valence-electron chi connectivity index (χ1n) is 4.76. The van der Waals surface area contributed by atoms with Crippen molar-refractivity contribution in [1.82, 2.24) is 4.57 Å². The summed E-state index contributed by atoms with van der Waals surface area (Å²) in [6, 6.07) is 8.09. The molecular formula is C12H14N2. The van der Waals surface area contributed by atoms with E-state index in [9.17, 15) is 0 Å². The van der Waals surface area contributed by atoms with Crippen molar-refractivity contribution in [1.29, 1.82) is 0 Å². The Kier molecular flexibility index (Phi) is 2.27. The third kappa shape index (κ3) is 1.51. The van der Waals surface area contributed by atoms with E-state index >= 15 is 0 Å². The second kappa shape index (κ2) is 3.58. The molecule has 1 aromatic heterocycles. The van der Waals surface area contributed by atoms with E-state index in [0.717, 1.165) is 18.7 Å². The molecule has 0 bridgehead atoms. The smallest absolute Gasteiger partial charge is 0.0481 e. The minimum Gasteiger partial charge on any atom is -0.399 e. The van der Waals surface area contributed by atoms with Crippen molar-refractivity contribution in [2.75, 3.05) is 5.73 Å². The normalized spacial score (nSPS) is 10.6. The largest absolute Gasteiger partial charge is 0.399 e. The lowest BCUT2D eigenvalue weighted by atomic mass is 10.2. The highest BCUT2D eigenvalue weighted by atomic mass is 14.9. The monoisotopic (exact) mass is 186 g/mol. The highest BCUT2D eigenvalue weighted by molar-refractivity contribution is 5.83. The van der Waals surface area contributed by atoms with E-state index in [1.54, 1.807) is 0 Å². The molecule has 0 amide bonds. The number of allylic oxidation sites excluding steroid dienone is 1. The van der Waals surface area contributed by atoms with Gasteiger partial charge in [0.2, 0.25) is 0 Å². The van der Waals surface area contributed by atoms with Crippen molar-refractivity contribution in [2.45, 2.75) is 13.0 Å². The first kappa shape index (κ1) is 8.88. The Hall–Kier alpha value is -1.70. The molecule has 2 nitrogen and oxygen atoms in total. The zero-order valence-electron chi connectivity index (χ0n) is 8.11. The number of aryl methyl sites for hydroxylation is 1. The third-order valence-corrected chi connectivity index (χ3v) is 2.37. The van der Waals surface area contributed by atoms with E-state index in [2.05, 4.69) is 29.5 Å². The van der Waals surface area contributed by atoms with E-state index in [1.165, 1.54) is 10.9 Å². The van der Waals surface area contributed by atoms with E-state index in [-0.39, 0.29) is 0 Å². The summed E-state index contributed by atoms with van der Waals surface area (Å²) in [6.07, 6.45) is 5.02. The minimum atomic E-state index is 0.818. The van der Waals surface area contributed by atoms with Gasteiger partial charge in [-0.2, -0.15) is 0 Å².